The van der Waals surface area contributed by atoms with Crippen molar-refractivity contribution in [2.24, 2.45) is 0 Å². The molecule has 1 N–H and O–H groups in total. The van der Waals surface area contributed by atoms with Crippen molar-refractivity contribution in [2.75, 3.05) is 24.6 Å². The van der Waals surface area contributed by atoms with Gasteiger partial charge in [-0.2, -0.15) is 0 Å². The zero-order chi connectivity index (χ0) is 15.2. The molecule has 0 radical (unpaired) electrons. The van der Waals surface area contributed by atoms with Crippen LogP contribution in [0.2, 0.25) is 0 Å². The van der Waals surface area contributed by atoms with E-state index in [9.17, 15) is 0 Å². The molecule has 1 aliphatic rings. The number of furan rings is 1. The van der Waals surface area contributed by atoms with Gasteiger partial charge in [0.15, 0.2) is 0 Å². The Balaban J connectivity index is 1.65. The van der Waals surface area contributed by atoms with Gasteiger partial charge in [0.1, 0.15) is 11.5 Å². The van der Waals surface area contributed by atoms with Gasteiger partial charge in [-0.25, -0.2) is 0 Å². The molecule has 1 fully saturated rings. The molecular formula is C18H24N2O2. The van der Waals surface area contributed by atoms with Gasteiger partial charge in [0, 0.05) is 19.6 Å². The summed E-state index contributed by atoms with van der Waals surface area (Å²) in [5, 5.41) is 3.40. The van der Waals surface area contributed by atoms with E-state index in [2.05, 4.69) is 28.4 Å². The maximum absolute atomic E-state index is 5.85. The minimum Gasteiger partial charge on any atom is -0.492 e. The lowest BCUT2D eigenvalue weighted by atomic mass is 10.1. The van der Waals surface area contributed by atoms with E-state index in [0.29, 0.717) is 6.61 Å². The highest BCUT2D eigenvalue weighted by atomic mass is 16.5. The zero-order valence-electron chi connectivity index (χ0n) is 13.2. The van der Waals surface area contributed by atoms with Crippen molar-refractivity contribution in [2.45, 2.75) is 32.9 Å². The third-order valence-electron chi connectivity index (χ3n) is 3.98. The first-order valence-electron chi connectivity index (χ1n) is 8.10. The predicted molar refractivity (Wildman–Crippen MR) is 88.3 cm³/mol. The van der Waals surface area contributed by atoms with E-state index in [4.69, 9.17) is 9.15 Å². The van der Waals surface area contributed by atoms with Gasteiger partial charge in [0.05, 0.1) is 25.1 Å². The number of anilines is 1. The number of rotatable bonds is 7. The van der Waals surface area contributed by atoms with E-state index in [1.807, 2.05) is 19.1 Å². The lowest BCUT2D eigenvalue weighted by Crippen LogP contribution is -2.19. The maximum Gasteiger partial charge on any atom is 0.142 e. The standard InChI is InChI=1S/C18H24N2O2/c1-2-21-18-12-15(13-19-14-16-6-5-11-22-16)7-8-17(18)20-9-3-4-10-20/h5-8,11-12,19H,2-4,9-10,13-14H2,1H3. The fourth-order valence-corrected chi connectivity index (χ4v) is 2.90. The lowest BCUT2D eigenvalue weighted by molar-refractivity contribution is 0.340. The summed E-state index contributed by atoms with van der Waals surface area (Å²) in [6, 6.07) is 10.4. The van der Waals surface area contributed by atoms with Crippen molar-refractivity contribution in [1.29, 1.82) is 0 Å². The summed E-state index contributed by atoms with van der Waals surface area (Å²) in [5.74, 6) is 1.96. The monoisotopic (exact) mass is 300 g/mol. The number of ether oxygens (including phenoxy) is 1. The summed E-state index contributed by atoms with van der Waals surface area (Å²) >= 11 is 0. The second-order valence-electron chi connectivity index (χ2n) is 5.61. The quantitative estimate of drug-likeness (QED) is 0.848. The molecule has 0 bridgehead atoms. The third-order valence-corrected chi connectivity index (χ3v) is 3.98. The Bertz CT molecular complexity index is 575. The molecule has 2 heterocycles. The van der Waals surface area contributed by atoms with Gasteiger partial charge in [0.25, 0.3) is 0 Å². The van der Waals surface area contributed by atoms with Gasteiger partial charge in [-0.1, -0.05) is 6.07 Å². The molecule has 2 aromatic rings. The topological polar surface area (TPSA) is 37.6 Å². The summed E-state index contributed by atoms with van der Waals surface area (Å²) in [6.45, 7) is 6.55. The van der Waals surface area contributed by atoms with E-state index in [-0.39, 0.29) is 0 Å². The molecule has 0 atom stereocenters. The third kappa shape index (κ3) is 3.63. The fourth-order valence-electron chi connectivity index (χ4n) is 2.90. The Labute approximate surface area is 132 Å². The van der Waals surface area contributed by atoms with E-state index >= 15 is 0 Å². The van der Waals surface area contributed by atoms with Crippen LogP contribution in [0.1, 0.15) is 31.1 Å². The number of hydrogen-bond donors (Lipinski definition) is 1. The van der Waals surface area contributed by atoms with Crippen LogP contribution in [-0.4, -0.2) is 19.7 Å². The van der Waals surface area contributed by atoms with Crippen LogP contribution in [-0.2, 0) is 13.1 Å². The summed E-state index contributed by atoms with van der Waals surface area (Å²) in [4.78, 5) is 2.42. The molecule has 1 aromatic heterocycles. The molecule has 0 aliphatic carbocycles. The lowest BCUT2D eigenvalue weighted by Gasteiger charge is -2.22. The fraction of sp³-hybridized carbons (Fsp3) is 0.444. The molecule has 1 aliphatic heterocycles. The number of hydrogen-bond acceptors (Lipinski definition) is 4. The Morgan fingerprint density at radius 2 is 2.05 bits per heavy atom. The van der Waals surface area contributed by atoms with Gasteiger partial charge < -0.3 is 19.4 Å². The average Bonchev–Trinajstić information content (AvgIpc) is 3.21. The van der Waals surface area contributed by atoms with Crippen LogP contribution in [0, 0.1) is 0 Å². The molecule has 1 saturated heterocycles. The smallest absolute Gasteiger partial charge is 0.142 e. The first-order chi connectivity index (χ1) is 10.9. The average molecular weight is 300 g/mol. The van der Waals surface area contributed by atoms with Crippen LogP contribution in [0.25, 0.3) is 0 Å². The number of nitrogens with zero attached hydrogens (tertiary/aromatic N) is 1. The van der Waals surface area contributed by atoms with E-state index < -0.39 is 0 Å². The molecule has 4 nitrogen and oxygen atoms in total. The summed E-state index contributed by atoms with van der Waals surface area (Å²) in [7, 11) is 0. The van der Waals surface area contributed by atoms with Gasteiger partial charge in [0.2, 0.25) is 0 Å². The van der Waals surface area contributed by atoms with Crippen LogP contribution >= 0.6 is 0 Å². The molecule has 1 aromatic carbocycles. The molecule has 22 heavy (non-hydrogen) atoms. The molecule has 0 spiro atoms. The Hall–Kier alpha value is -1.94. The zero-order valence-corrected chi connectivity index (χ0v) is 13.2. The SMILES string of the molecule is CCOc1cc(CNCc2ccco2)ccc1N1CCCC1. The van der Waals surface area contributed by atoms with Crippen molar-refractivity contribution in [3.8, 4) is 5.75 Å². The van der Waals surface area contributed by atoms with Gasteiger partial charge >= 0.3 is 0 Å². The van der Waals surface area contributed by atoms with Gasteiger partial charge in [-0.15, -0.1) is 0 Å². The molecular weight excluding hydrogens is 276 g/mol. The number of benzene rings is 1. The molecule has 118 valence electrons. The normalized spacial score (nSPS) is 14.5. The first kappa shape index (κ1) is 15.0. The summed E-state index contributed by atoms with van der Waals surface area (Å²) < 4.78 is 11.2. The molecule has 0 saturated carbocycles. The Kier molecular flexibility index (Phi) is 5.01. The van der Waals surface area contributed by atoms with Crippen LogP contribution in [0.5, 0.6) is 5.75 Å². The highest BCUT2D eigenvalue weighted by Crippen LogP contribution is 2.32. The predicted octanol–water partition coefficient (Wildman–Crippen LogP) is 3.57. The highest BCUT2D eigenvalue weighted by molar-refractivity contribution is 5.60. The second kappa shape index (κ2) is 7.36. The molecule has 3 rings (SSSR count). The highest BCUT2D eigenvalue weighted by Gasteiger charge is 2.16. The molecule has 4 heteroatoms. The number of nitrogens with one attached hydrogen (secondary N) is 1. The van der Waals surface area contributed by atoms with Crippen molar-refractivity contribution in [1.82, 2.24) is 5.32 Å². The van der Waals surface area contributed by atoms with E-state index in [1.165, 1.54) is 24.1 Å². The second-order valence-corrected chi connectivity index (χ2v) is 5.61. The van der Waals surface area contributed by atoms with Crippen LogP contribution in [0.4, 0.5) is 5.69 Å². The first-order valence-corrected chi connectivity index (χ1v) is 8.10. The van der Waals surface area contributed by atoms with E-state index in [1.54, 1.807) is 6.26 Å². The van der Waals surface area contributed by atoms with Crippen molar-refractivity contribution in [3.05, 3.63) is 47.9 Å². The van der Waals surface area contributed by atoms with Gasteiger partial charge in [-0.05, 0) is 49.6 Å². The minimum atomic E-state index is 0.699. The van der Waals surface area contributed by atoms with Crippen molar-refractivity contribution < 1.29 is 9.15 Å². The van der Waals surface area contributed by atoms with Crippen molar-refractivity contribution in [3.63, 3.8) is 0 Å². The Morgan fingerprint density at radius 1 is 1.18 bits per heavy atom. The van der Waals surface area contributed by atoms with Crippen LogP contribution in [0.15, 0.2) is 41.0 Å². The van der Waals surface area contributed by atoms with E-state index in [0.717, 1.165) is 37.7 Å². The van der Waals surface area contributed by atoms with Crippen LogP contribution in [0.3, 0.4) is 0 Å². The minimum absolute atomic E-state index is 0.699. The Morgan fingerprint density at radius 3 is 2.77 bits per heavy atom. The molecule has 0 amide bonds. The van der Waals surface area contributed by atoms with Crippen LogP contribution < -0.4 is 15.0 Å². The molecule has 0 unspecified atom stereocenters. The summed E-state index contributed by atoms with van der Waals surface area (Å²) in [6.07, 6.45) is 4.26. The largest absolute Gasteiger partial charge is 0.492 e. The summed E-state index contributed by atoms with van der Waals surface area (Å²) in [5.41, 5.74) is 2.46. The van der Waals surface area contributed by atoms with Gasteiger partial charge in [-0.3, -0.25) is 0 Å². The maximum atomic E-state index is 5.85. The van der Waals surface area contributed by atoms with Crippen molar-refractivity contribution >= 4 is 5.69 Å².